The maximum Gasteiger partial charge on any atom is 0.296 e. The predicted molar refractivity (Wildman–Crippen MR) is 125 cm³/mol. The molecule has 0 aliphatic heterocycles. The molecule has 0 bridgehead atoms. The number of benzene rings is 1. The highest BCUT2D eigenvalue weighted by Crippen LogP contribution is 2.32. The predicted octanol–water partition coefficient (Wildman–Crippen LogP) is 4.42. The lowest BCUT2D eigenvalue weighted by Crippen LogP contribution is -2.23. The number of ether oxygens (including phenoxy) is 2. The molecule has 1 N–H and O–H groups in total. The number of halogens is 2. The van der Waals surface area contributed by atoms with Gasteiger partial charge < -0.3 is 19.4 Å². The number of hydrogen-bond donors (Lipinski definition) is 1. The summed E-state index contributed by atoms with van der Waals surface area (Å²) >= 11 is 5.93. The number of Topliss-reactive ketones (excluding diaryl/α,β-unsaturated/α-hetero) is 1. The fourth-order valence-electron chi connectivity index (χ4n) is 3.69. The van der Waals surface area contributed by atoms with Crippen LogP contribution in [0.1, 0.15) is 21.7 Å². The highest BCUT2D eigenvalue weighted by atomic mass is 35.5. The molecule has 0 saturated carbocycles. The Hall–Kier alpha value is -3.98. The summed E-state index contributed by atoms with van der Waals surface area (Å²) in [6, 6.07) is 9.15. The van der Waals surface area contributed by atoms with E-state index in [1.165, 1.54) is 50.9 Å². The molecule has 3 heterocycles. The van der Waals surface area contributed by atoms with E-state index in [2.05, 4.69) is 15.3 Å². The first-order valence-electron chi connectivity index (χ1n) is 10.1. The van der Waals surface area contributed by atoms with Crippen LogP contribution in [-0.2, 0) is 11.3 Å². The lowest BCUT2D eigenvalue weighted by Gasteiger charge is -2.09. The number of ketones is 1. The molecule has 0 aliphatic rings. The Labute approximate surface area is 199 Å². The van der Waals surface area contributed by atoms with E-state index in [0.29, 0.717) is 33.0 Å². The van der Waals surface area contributed by atoms with Crippen LogP contribution < -0.4 is 14.8 Å². The number of nitrogens with one attached hydrogen (secondary N) is 1. The van der Waals surface area contributed by atoms with Crippen molar-refractivity contribution in [3.05, 3.63) is 76.6 Å². The first-order chi connectivity index (χ1) is 16.3. The molecule has 0 spiro atoms. The average Bonchev–Trinajstić information content (AvgIpc) is 3.09. The van der Waals surface area contributed by atoms with Crippen molar-refractivity contribution in [1.29, 1.82) is 0 Å². The third kappa shape index (κ3) is 4.42. The van der Waals surface area contributed by atoms with Crippen molar-refractivity contribution in [2.24, 2.45) is 0 Å². The van der Waals surface area contributed by atoms with Crippen LogP contribution in [0.5, 0.6) is 11.6 Å². The first-order valence-corrected chi connectivity index (χ1v) is 10.5. The Morgan fingerprint density at radius 3 is 2.59 bits per heavy atom. The molecule has 3 aromatic heterocycles. The van der Waals surface area contributed by atoms with Gasteiger partial charge in [-0.2, -0.15) is 0 Å². The maximum absolute atomic E-state index is 14.6. The van der Waals surface area contributed by atoms with Gasteiger partial charge in [0.2, 0.25) is 5.88 Å². The lowest BCUT2D eigenvalue weighted by atomic mass is 10.1. The SMILES string of the molecule is COc1cc(NC(=O)C(=O)c2c(C)n(Cc3ccc(Cl)cn3)c3cc(F)c(OC)cc23)ccn1. The zero-order valence-electron chi connectivity index (χ0n) is 18.6. The molecular formula is C24H20ClFN4O4. The maximum atomic E-state index is 14.6. The average molecular weight is 483 g/mol. The Morgan fingerprint density at radius 1 is 1.12 bits per heavy atom. The normalized spacial score (nSPS) is 10.9. The van der Waals surface area contributed by atoms with Crippen LogP contribution in [-0.4, -0.2) is 40.4 Å². The molecule has 8 nitrogen and oxygen atoms in total. The second-order valence-corrected chi connectivity index (χ2v) is 7.82. The van der Waals surface area contributed by atoms with Gasteiger partial charge in [-0.1, -0.05) is 11.6 Å². The van der Waals surface area contributed by atoms with E-state index in [1.807, 2.05) is 0 Å². The van der Waals surface area contributed by atoms with Gasteiger partial charge in [-0.3, -0.25) is 14.6 Å². The summed E-state index contributed by atoms with van der Waals surface area (Å²) in [6.45, 7) is 1.93. The number of methoxy groups -OCH3 is 2. The van der Waals surface area contributed by atoms with Crippen LogP contribution in [0.2, 0.25) is 5.02 Å². The summed E-state index contributed by atoms with van der Waals surface area (Å²) in [6.07, 6.45) is 2.95. The zero-order valence-corrected chi connectivity index (χ0v) is 19.3. The van der Waals surface area contributed by atoms with Gasteiger partial charge >= 0.3 is 0 Å². The van der Waals surface area contributed by atoms with E-state index in [4.69, 9.17) is 21.1 Å². The number of rotatable bonds is 7. The van der Waals surface area contributed by atoms with E-state index < -0.39 is 17.5 Å². The van der Waals surface area contributed by atoms with Gasteiger partial charge in [0.25, 0.3) is 11.7 Å². The molecule has 34 heavy (non-hydrogen) atoms. The number of fused-ring (bicyclic) bond motifs is 1. The summed E-state index contributed by atoms with van der Waals surface area (Å²) in [5.74, 6) is -1.99. The molecular weight excluding hydrogens is 463 g/mol. The molecule has 10 heteroatoms. The van der Waals surface area contributed by atoms with E-state index in [-0.39, 0.29) is 23.7 Å². The minimum atomic E-state index is -0.858. The van der Waals surface area contributed by atoms with Crippen molar-refractivity contribution in [1.82, 2.24) is 14.5 Å². The van der Waals surface area contributed by atoms with E-state index in [9.17, 15) is 14.0 Å². The Morgan fingerprint density at radius 2 is 1.91 bits per heavy atom. The fraction of sp³-hybridized carbons (Fsp3) is 0.167. The van der Waals surface area contributed by atoms with Crippen molar-refractivity contribution >= 4 is 39.9 Å². The number of nitrogens with zero attached hydrogens (tertiary/aromatic N) is 3. The third-order valence-electron chi connectivity index (χ3n) is 5.34. The summed E-state index contributed by atoms with van der Waals surface area (Å²) < 4.78 is 26.5. The van der Waals surface area contributed by atoms with Crippen LogP contribution in [0.15, 0.2) is 48.8 Å². The minimum Gasteiger partial charge on any atom is -0.494 e. The number of hydrogen-bond acceptors (Lipinski definition) is 6. The molecule has 4 rings (SSSR count). The highest BCUT2D eigenvalue weighted by Gasteiger charge is 2.27. The standard InChI is InChI=1S/C24H20ClFN4O4/c1-13-22(23(31)24(32)29-15-6-7-27-21(8-15)34-3)17-9-20(33-2)18(26)10-19(17)30(13)12-16-5-4-14(25)11-28-16/h4-11H,12H2,1-3H3,(H,27,29,32). The van der Waals surface area contributed by atoms with Crippen molar-refractivity contribution in [2.45, 2.75) is 13.5 Å². The number of amides is 1. The summed E-state index contributed by atoms with van der Waals surface area (Å²) in [7, 11) is 2.77. The summed E-state index contributed by atoms with van der Waals surface area (Å²) in [4.78, 5) is 34.4. The van der Waals surface area contributed by atoms with Gasteiger partial charge in [-0.15, -0.1) is 0 Å². The summed E-state index contributed by atoms with van der Waals surface area (Å²) in [5, 5.41) is 3.43. The van der Waals surface area contributed by atoms with Gasteiger partial charge in [0.15, 0.2) is 11.6 Å². The van der Waals surface area contributed by atoms with E-state index >= 15 is 0 Å². The van der Waals surface area contributed by atoms with Crippen LogP contribution in [0.25, 0.3) is 10.9 Å². The molecule has 0 unspecified atom stereocenters. The first kappa shape index (κ1) is 23.2. The third-order valence-corrected chi connectivity index (χ3v) is 5.56. The van der Waals surface area contributed by atoms with Crippen molar-refractivity contribution in [3.63, 3.8) is 0 Å². The lowest BCUT2D eigenvalue weighted by molar-refractivity contribution is -0.112. The van der Waals surface area contributed by atoms with Gasteiger partial charge in [0.1, 0.15) is 0 Å². The molecule has 0 radical (unpaired) electrons. The Kier molecular flexibility index (Phi) is 6.47. The van der Waals surface area contributed by atoms with Gasteiger partial charge in [-0.05, 0) is 31.2 Å². The Bertz CT molecular complexity index is 1400. The highest BCUT2D eigenvalue weighted by molar-refractivity contribution is 6.48. The molecule has 0 atom stereocenters. The molecule has 1 aromatic carbocycles. The van der Waals surface area contributed by atoms with Gasteiger partial charge in [-0.25, -0.2) is 9.37 Å². The van der Waals surface area contributed by atoms with Crippen LogP contribution in [0, 0.1) is 12.7 Å². The van der Waals surface area contributed by atoms with Gasteiger partial charge in [0, 0.05) is 41.3 Å². The molecule has 174 valence electrons. The Balaban J connectivity index is 1.78. The summed E-state index contributed by atoms with van der Waals surface area (Å²) in [5.41, 5.74) is 2.04. The number of pyridine rings is 2. The molecule has 4 aromatic rings. The van der Waals surface area contributed by atoms with Crippen LogP contribution >= 0.6 is 11.6 Å². The number of carbonyl (C=O) groups excluding carboxylic acids is 2. The molecule has 0 aliphatic carbocycles. The monoisotopic (exact) mass is 482 g/mol. The number of anilines is 1. The van der Waals surface area contributed by atoms with Crippen LogP contribution in [0.3, 0.4) is 0 Å². The second kappa shape index (κ2) is 9.48. The number of carbonyl (C=O) groups is 2. The smallest absolute Gasteiger partial charge is 0.296 e. The topological polar surface area (TPSA) is 95.3 Å². The second-order valence-electron chi connectivity index (χ2n) is 7.39. The van der Waals surface area contributed by atoms with E-state index in [1.54, 1.807) is 23.6 Å². The fourth-order valence-corrected chi connectivity index (χ4v) is 3.80. The van der Waals surface area contributed by atoms with E-state index in [0.717, 1.165) is 0 Å². The number of aromatic nitrogens is 3. The van der Waals surface area contributed by atoms with Gasteiger partial charge in [0.05, 0.1) is 42.6 Å². The van der Waals surface area contributed by atoms with Crippen LogP contribution in [0.4, 0.5) is 10.1 Å². The largest absolute Gasteiger partial charge is 0.494 e. The molecule has 0 fully saturated rings. The van der Waals surface area contributed by atoms with Crippen molar-refractivity contribution in [3.8, 4) is 11.6 Å². The minimum absolute atomic E-state index is 0.0393. The van der Waals surface area contributed by atoms with Crippen molar-refractivity contribution in [2.75, 3.05) is 19.5 Å². The quantitative estimate of drug-likeness (QED) is 0.309. The molecule has 0 saturated heterocycles. The van der Waals surface area contributed by atoms with Crippen molar-refractivity contribution < 1.29 is 23.5 Å². The zero-order chi connectivity index (χ0) is 24.4. The molecule has 1 amide bonds.